The maximum absolute atomic E-state index is 10.7. The van der Waals surface area contributed by atoms with Crippen LogP contribution in [0, 0.1) is 0 Å². The molecular formula is C9H10N2O3. The van der Waals surface area contributed by atoms with E-state index in [0.717, 1.165) is 0 Å². The SMILES string of the molecule is CC(=O)Nc1ccc(NC(=O)O)cc1. The summed E-state index contributed by atoms with van der Waals surface area (Å²) in [5.74, 6) is -0.163. The predicted molar refractivity (Wildman–Crippen MR) is 52.4 cm³/mol. The Labute approximate surface area is 80.7 Å². The van der Waals surface area contributed by atoms with Crippen LogP contribution in [0.3, 0.4) is 0 Å². The number of carbonyl (C=O) groups is 2. The molecule has 5 heteroatoms. The highest BCUT2D eigenvalue weighted by atomic mass is 16.4. The average Bonchev–Trinajstić information content (AvgIpc) is 2.06. The van der Waals surface area contributed by atoms with Crippen LogP contribution in [0.2, 0.25) is 0 Å². The van der Waals surface area contributed by atoms with E-state index in [1.165, 1.54) is 6.92 Å². The number of nitrogens with one attached hydrogen (secondary N) is 2. The van der Waals surface area contributed by atoms with Gasteiger partial charge in [-0.25, -0.2) is 4.79 Å². The minimum Gasteiger partial charge on any atom is -0.465 e. The zero-order chi connectivity index (χ0) is 10.6. The summed E-state index contributed by atoms with van der Waals surface area (Å²) in [5, 5.41) is 13.2. The molecule has 0 atom stereocenters. The Bertz CT molecular complexity index is 311. The van der Waals surface area contributed by atoms with Gasteiger partial charge in [-0.05, 0) is 24.3 Å². The van der Waals surface area contributed by atoms with Crippen molar-refractivity contribution in [3.8, 4) is 0 Å². The maximum Gasteiger partial charge on any atom is 0.409 e. The van der Waals surface area contributed by atoms with Crippen molar-refractivity contribution in [2.75, 3.05) is 10.6 Å². The number of carboxylic acid groups (broad SMARTS) is 1. The molecular weight excluding hydrogens is 184 g/mol. The molecule has 3 N–H and O–H groups in total. The van der Waals surface area contributed by atoms with E-state index in [2.05, 4.69) is 10.6 Å². The highest BCUT2D eigenvalue weighted by Crippen LogP contribution is 2.13. The second kappa shape index (κ2) is 4.27. The number of anilines is 2. The summed E-state index contributed by atoms with van der Waals surface area (Å²) in [5.41, 5.74) is 1.10. The molecule has 0 saturated heterocycles. The van der Waals surface area contributed by atoms with Crippen molar-refractivity contribution in [2.45, 2.75) is 6.92 Å². The highest BCUT2D eigenvalue weighted by molar-refractivity contribution is 5.89. The molecule has 1 aromatic carbocycles. The fourth-order valence-corrected chi connectivity index (χ4v) is 0.964. The Morgan fingerprint density at radius 1 is 1.07 bits per heavy atom. The summed E-state index contributed by atoms with van der Waals surface area (Å²) in [4.78, 5) is 20.9. The summed E-state index contributed by atoms with van der Waals surface area (Å²) in [6.07, 6.45) is -1.11. The number of amides is 2. The lowest BCUT2D eigenvalue weighted by molar-refractivity contribution is -0.114. The van der Waals surface area contributed by atoms with Crippen LogP contribution in [0.5, 0.6) is 0 Å². The molecule has 0 heterocycles. The first-order valence-corrected chi connectivity index (χ1v) is 3.95. The van der Waals surface area contributed by atoms with Gasteiger partial charge < -0.3 is 10.4 Å². The van der Waals surface area contributed by atoms with E-state index in [-0.39, 0.29) is 5.91 Å². The van der Waals surface area contributed by atoms with Gasteiger partial charge in [0.25, 0.3) is 0 Å². The van der Waals surface area contributed by atoms with Crippen LogP contribution >= 0.6 is 0 Å². The molecule has 2 amide bonds. The van der Waals surface area contributed by atoms with Crippen LogP contribution in [0.15, 0.2) is 24.3 Å². The highest BCUT2D eigenvalue weighted by Gasteiger charge is 1.98. The third-order valence-electron chi connectivity index (χ3n) is 1.46. The van der Waals surface area contributed by atoms with Crippen LogP contribution in [0.1, 0.15) is 6.92 Å². The second-order valence-corrected chi connectivity index (χ2v) is 2.69. The molecule has 14 heavy (non-hydrogen) atoms. The molecule has 0 fully saturated rings. The van der Waals surface area contributed by atoms with Crippen molar-refractivity contribution in [3.63, 3.8) is 0 Å². The van der Waals surface area contributed by atoms with E-state index in [1.807, 2.05) is 0 Å². The van der Waals surface area contributed by atoms with Crippen molar-refractivity contribution in [1.29, 1.82) is 0 Å². The number of hydrogen-bond donors (Lipinski definition) is 3. The van der Waals surface area contributed by atoms with Crippen LogP contribution in [0.25, 0.3) is 0 Å². The van der Waals surface area contributed by atoms with E-state index in [9.17, 15) is 9.59 Å². The van der Waals surface area contributed by atoms with Crippen molar-refractivity contribution >= 4 is 23.4 Å². The molecule has 5 nitrogen and oxygen atoms in total. The van der Waals surface area contributed by atoms with E-state index < -0.39 is 6.09 Å². The van der Waals surface area contributed by atoms with Gasteiger partial charge in [0, 0.05) is 18.3 Å². The van der Waals surface area contributed by atoms with E-state index in [4.69, 9.17) is 5.11 Å². The molecule has 0 aliphatic heterocycles. The molecule has 0 saturated carbocycles. The first-order valence-electron chi connectivity index (χ1n) is 3.95. The van der Waals surface area contributed by atoms with E-state index >= 15 is 0 Å². The molecule has 0 aliphatic carbocycles. The molecule has 0 radical (unpaired) electrons. The lowest BCUT2D eigenvalue weighted by atomic mass is 10.3. The Morgan fingerprint density at radius 3 is 1.86 bits per heavy atom. The molecule has 0 unspecified atom stereocenters. The van der Waals surface area contributed by atoms with Gasteiger partial charge in [0.1, 0.15) is 0 Å². The topological polar surface area (TPSA) is 78.4 Å². The number of benzene rings is 1. The van der Waals surface area contributed by atoms with Crippen LogP contribution in [0.4, 0.5) is 16.2 Å². The summed E-state index contributed by atoms with van der Waals surface area (Å²) in [7, 11) is 0. The standard InChI is InChI=1S/C9H10N2O3/c1-6(12)10-7-2-4-8(5-3-7)11-9(13)14/h2-5,11H,1H3,(H,10,12)(H,13,14). The van der Waals surface area contributed by atoms with Gasteiger partial charge in [0.05, 0.1) is 0 Å². The molecule has 74 valence electrons. The molecule has 0 spiro atoms. The lowest BCUT2D eigenvalue weighted by Gasteiger charge is -2.03. The van der Waals surface area contributed by atoms with Crippen molar-refractivity contribution < 1.29 is 14.7 Å². The minimum absolute atomic E-state index is 0.163. The molecule has 0 aromatic heterocycles. The first-order chi connectivity index (χ1) is 6.58. The summed E-state index contributed by atoms with van der Waals surface area (Å²) >= 11 is 0. The Hall–Kier alpha value is -2.04. The lowest BCUT2D eigenvalue weighted by Crippen LogP contribution is -2.08. The number of rotatable bonds is 2. The number of carbonyl (C=O) groups excluding carboxylic acids is 1. The summed E-state index contributed by atoms with van der Waals surface area (Å²) in [6.45, 7) is 1.41. The largest absolute Gasteiger partial charge is 0.465 e. The zero-order valence-corrected chi connectivity index (χ0v) is 7.57. The quantitative estimate of drug-likeness (QED) is 0.670. The average molecular weight is 194 g/mol. The zero-order valence-electron chi connectivity index (χ0n) is 7.57. The maximum atomic E-state index is 10.7. The Balaban J connectivity index is 2.68. The van der Waals surface area contributed by atoms with Crippen LogP contribution in [-0.2, 0) is 4.79 Å². The molecule has 0 bridgehead atoms. The molecule has 0 aliphatic rings. The predicted octanol–water partition coefficient (Wildman–Crippen LogP) is 1.73. The third-order valence-corrected chi connectivity index (χ3v) is 1.46. The van der Waals surface area contributed by atoms with Gasteiger partial charge in [0.15, 0.2) is 0 Å². The number of hydrogen-bond acceptors (Lipinski definition) is 2. The first kappa shape index (κ1) is 10.0. The minimum atomic E-state index is -1.11. The second-order valence-electron chi connectivity index (χ2n) is 2.69. The fourth-order valence-electron chi connectivity index (χ4n) is 0.964. The van der Waals surface area contributed by atoms with Crippen molar-refractivity contribution in [1.82, 2.24) is 0 Å². The van der Waals surface area contributed by atoms with Crippen molar-refractivity contribution in [3.05, 3.63) is 24.3 Å². The monoisotopic (exact) mass is 194 g/mol. The van der Waals surface area contributed by atoms with Gasteiger partial charge in [0.2, 0.25) is 5.91 Å². The van der Waals surface area contributed by atoms with Crippen molar-refractivity contribution in [2.24, 2.45) is 0 Å². The Morgan fingerprint density at radius 2 is 1.50 bits per heavy atom. The fraction of sp³-hybridized carbons (Fsp3) is 0.111. The van der Waals surface area contributed by atoms with Gasteiger partial charge in [-0.3, -0.25) is 10.1 Å². The third kappa shape index (κ3) is 3.14. The van der Waals surface area contributed by atoms with E-state index in [1.54, 1.807) is 24.3 Å². The van der Waals surface area contributed by atoms with Crippen LogP contribution in [-0.4, -0.2) is 17.1 Å². The Kier molecular flexibility index (Phi) is 3.06. The van der Waals surface area contributed by atoms with Gasteiger partial charge >= 0.3 is 6.09 Å². The van der Waals surface area contributed by atoms with E-state index in [0.29, 0.717) is 11.4 Å². The van der Waals surface area contributed by atoms with Gasteiger partial charge in [-0.15, -0.1) is 0 Å². The van der Waals surface area contributed by atoms with Crippen LogP contribution < -0.4 is 10.6 Å². The summed E-state index contributed by atoms with van der Waals surface area (Å²) in [6, 6.07) is 6.37. The van der Waals surface area contributed by atoms with Gasteiger partial charge in [-0.1, -0.05) is 0 Å². The summed E-state index contributed by atoms with van der Waals surface area (Å²) < 4.78 is 0. The van der Waals surface area contributed by atoms with Gasteiger partial charge in [-0.2, -0.15) is 0 Å². The molecule has 1 rings (SSSR count). The normalized spacial score (nSPS) is 9.21. The smallest absolute Gasteiger partial charge is 0.409 e. The molecule has 1 aromatic rings.